The molecule has 0 bridgehead atoms. The van der Waals surface area contributed by atoms with Gasteiger partial charge in [0.1, 0.15) is 11.5 Å². The highest BCUT2D eigenvalue weighted by Gasteiger charge is 2.28. The lowest BCUT2D eigenvalue weighted by Crippen LogP contribution is -2.39. The zero-order chi connectivity index (χ0) is 18.7. The Morgan fingerprint density at radius 3 is 2.50 bits per heavy atom. The van der Waals surface area contributed by atoms with Gasteiger partial charge in [0.2, 0.25) is 5.91 Å². The van der Waals surface area contributed by atoms with E-state index in [-0.39, 0.29) is 23.1 Å². The van der Waals surface area contributed by atoms with Gasteiger partial charge in [-0.2, -0.15) is 5.26 Å². The standard InChI is InChI=1S/C19H18F2N4O/c1-12-2-5-23-17(8-12)24-19(26)14-3-6-25(7-4-14)18-15(20)9-13(11-22)10-16(18)21/h2,5,8-10,14H,3-4,6-7H2,1H3,(H,23,24,26). The maximum absolute atomic E-state index is 14.1. The smallest absolute Gasteiger partial charge is 0.228 e. The number of hydrogen-bond donors (Lipinski definition) is 1. The first-order valence-electron chi connectivity index (χ1n) is 8.35. The van der Waals surface area contributed by atoms with E-state index in [1.54, 1.807) is 23.2 Å². The van der Waals surface area contributed by atoms with Crippen molar-refractivity contribution >= 4 is 17.4 Å². The Labute approximate surface area is 150 Å². The Hall–Kier alpha value is -3.01. The van der Waals surface area contributed by atoms with E-state index in [9.17, 15) is 13.6 Å². The van der Waals surface area contributed by atoms with E-state index in [0.717, 1.165) is 17.7 Å². The molecule has 1 aliphatic heterocycles. The minimum atomic E-state index is -0.756. The first-order valence-corrected chi connectivity index (χ1v) is 8.35. The molecular weight excluding hydrogens is 338 g/mol. The molecule has 1 aliphatic rings. The summed E-state index contributed by atoms with van der Waals surface area (Å²) >= 11 is 0. The van der Waals surface area contributed by atoms with E-state index in [0.29, 0.717) is 31.7 Å². The number of amides is 1. The van der Waals surface area contributed by atoms with Crippen molar-refractivity contribution in [2.75, 3.05) is 23.3 Å². The fourth-order valence-corrected chi connectivity index (χ4v) is 3.13. The number of pyridine rings is 1. The highest BCUT2D eigenvalue weighted by atomic mass is 19.1. The van der Waals surface area contributed by atoms with Crippen LogP contribution in [0.1, 0.15) is 24.0 Å². The van der Waals surface area contributed by atoms with Crippen LogP contribution in [0.5, 0.6) is 0 Å². The van der Waals surface area contributed by atoms with Crippen molar-refractivity contribution in [2.24, 2.45) is 5.92 Å². The molecule has 7 heteroatoms. The second-order valence-corrected chi connectivity index (χ2v) is 6.37. The van der Waals surface area contributed by atoms with Crippen LogP contribution in [0.25, 0.3) is 0 Å². The number of hydrogen-bond acceptors (Lipinski definition) is 4. The quantitative estimate of drug-likeness (QED) is 0.915. The van der Waals surface area contributed by atoms with E-state index in [1.165, 1.54) is 0 Å². The third kappa shape index (κ3) is 3.80. The summed E-state index contributed by atoms with van der Waals surface area (Å²) in [5.74, 6) is -1.38. The number of aromatic nitrogens is 1. The molecule has 2 heterocycles. The van der Waals surface area contributed by atoms with Crippen LogP contribution < -0.4 is 10.2 Å². The molecule has 0 spiro atoms. The van der Waals surface area contributed by atoms with Crippen LogP contribution in [0.15, 0.2) is 30.5 Å². The second kappa shape index (κ2) is 7.48. The molecule has 26 heavy (non-hydrogen) atoms. The van der Waals surface area contributed by atoms with E-state index in [1.807, 2.05) is 13.0 Å². The van der Waals surface area contributed by atoms with Gasteiger partial charge in [-0.25, -0.2) is 13.8 Å². The number of benzene rings is 1. The summed E-state index contributed by atoms with van der Waals surface area (Å²) in [6.07, 6.45) is 2.59. The van der Waals surface area contributed by atoms with Crippen LogP contribution >= 0.6 is 0 Å². The third-order valence-corrected chi connectivity index (χ3v) is 4.49. The van der Waals surface area contributed by atoms with Crippen LogP contribution in [0, 0.1) is 35.8 Å². The number of nitrogens with zero attached hydrogens (tertiary/aromatic N) is 3. The normalized spacial score (nSPS) is 14.8. The van der Waals surface area contributed by atoms with E-state index >= 15 is 0 Å². The van der Waals surface area contributed by atoms with Crippen molar-refractivity contribution in [2.45, 2.75) is 19.8 Å². The summed E-state index contributed by atoms with van der Waals surface area (Å²) in [5.41, 5.74) is 0.809. The van der Waals surface area contributed by atoms with Gasteiger partial charge in [-0.05, 0) is 49.6 Å². The Morgan fingerprint density at radius 2 is 1.92 bits per heavy atom. The summed E-state index contributed by atoms with van der Waals surface area (Å²) in [7, 11) is 0. The van der Waals surface area contributed by atoms with Crippen LogP contribution in [-0.4, -0.2) is 24.0 Å². The van der Waals surface area contributed by atoms with Crippen molar-refractivity contribution in [1.29, 1.82) is 5.26 Å². The molecular formula is C19H18F2N4O. The number of nitrogens with one attached hydrogen (secondary N) is 1. The summed E-state index contributed by atoms with van der Waals surface area (Å²) in [6.45, 7) is 2.63. The lowest BCUT2D eigenvalue weighted by molar-refractivity contribution is -0.120. The monoisotopic (exact) mass is 356 g/mol. The zero-order valence-corrected chi connectivity index (χ0v) is 14.3. The molecule has 0 radical (unpaired) electrons. The SMILES string of the molecule is Cc1ccnc(NC(=O)C2CCN(c3c(F)cc(C#N)cc3F)CC2)c1. The Bertz CT molecular complexity index is 847. The maximum atomic E-state index is 14.1. The molecule has 0 unspecified atom stereocenters. The molecule has 134 valence electrons. The Morgan fingerprint density at radius 1 is 1.27 bits per heavy atom. The molecule has 3 rings (SSSR count). The molecule has 1 saturated heterocycles. The lowest BCUT2D eigenvalue weighted by Gasteiger charge is -2.33. The number of nitriles is 1. The van der Waals surface area contributed by atoms with Gasteiger partial charge in [-0.15, -0.1) is 0 Å². The van der Waals surface area contributed by atoms with E-state index in [4.69, 9.17) is 5.26 Å². The first-order chi connectivity index (χ1) is 12.5. The van der Waals surface area contributed by atoms with Crippen LogP contribution in [0.4, 0.5) is 20.3 Å². The van der Waals surface area contributed by atoms with Crippen LogP contribution in [0.3, 0.4) is 0 Å². The van der Waals surface area contributed by atoms with Gasteiger partial charge in [0.25, 0.3) is 0 Å². The van der Waals surface area contributed by atoms with Crippen molar-refractivity contribution in [1.82, 2.24) is 4.98 Å². The topological polar surface area (TPSA) is 69.0 Å². The highest BCUT2D eigenvalue weighted by molar-refractivity contribution is 5.91. The molecule has 1 amide bonds. The van der Waals surface area contributed by atoms with E-state index < -0.39 is 11.6 Å². The number of aryl methyl sites for hydroxylation is 1. The van der Waals surface area contributed by atoms with Crippen molar-refractivity contribution in [3.63, 3.8) is 0 Å². The van der Waals surface area contributed by atoms with Crippen LogP contribution in [0.2, 0.25) is 0 Å². The molecule has 1 fully saturated rings. The minimum absolute atomic E-state index is 0.0522. The highest BCUT2D eigenvalue weighted by Crippen LogP contribution is 2.29. The van der Waals surface area contributed by atoms with Crippen LogP contribution in [-0.2, 0) is 4.79 Å². The van der Waals surface area contributed by atoms with Crippen molar-refractivity contribution < 1.29 is 13.6 Å². The number of anilines is 2. The molecule has 2 aromatic rings. The summed E-state index contributed by atoms with van der Waals surface area (Å²) < 4.78 is 28.3. The van der Waals surface area contributed by atoms with Gasteiger partial charge >= 0.3 is 0 Å². The number of carbonyl (C=O) groups excluding carboxylic acids is 1. The third-order valence-electron chi connectivity index (χ3n) is 4.49. The average molecular weight is 356 g/mol. The fraction of sp³-hybridized carbons (Fsp3) is 0.316. The van der Waals surface area contributed by atoms with Gasteiger partial charge < -0.3 is 10.2 Å². The lowest BCUT2D eigenvalue weighted by atomic mass is 9.95. The van der Waals surface area contributed by atoms with Gasteiger partial charge in [0, 0.05) is 25.2 Å². The number of halogens is 2. The predicted octanol–water partition coefficient (Wildman–Crippen LogP) is 3.40. The predicted molar refractivity (Wildman–Crippen MR) is 93.6 cm³/mol. The van der Waals surface area contributed by atoms with Crippen molar-refractivity contribution in [3.8, 4) is 6.07 Å². The van der Waals surface area contributed by atoms with E-state index in [2.05, 4.69) is 10.3 Å². The fourth-order valence-electron chi connectivity index (χ4n) is 3.13. The molecule has 0 aliphatic carbocycles. The molecule has 1 N–H and O–H groups in total. The van der Waals surface area contributed by atoms with Gasteiger partial charge in [-0.1, -0.05) is 0 Å². The Balaban J connectivity index is 1.64. The average Bonchev–Trinajstić information content (AvgIpc) is 2.61. The molecule has 5 nitrogen and oxygen atoms in total. The van der Waals surface area contributed by atoms with Gasteiger partial charge in [0.15, 0.2) is 11.6 Å². The van der Waals surface area contributed by atoms with Gasteiger partial charge in [0.05, 0.1) is 11.6 Å². The van der Waals surface area contributed by atoms with Gasteiger partial charge in [-0.3, -0.25) is 4.79 Å². The molecule has 0 saturated carbocycles. The summed E-state index contributed by atoms with van der Waals surface area (Å²) in [4.78, 5) is 18.1. The Kier molecular flexibility index (Phi) is 5.12. The van der Waals surface area contributed by atoms with Crippen molar-refractivity contribution in [3.05, 3.63) is 53.2 Å². The first kappa shape index (κ1) is 17.8. The minimum Gasteiger partial charge on any atom is -0.367 e. The number of piperidine rings is 1. The molecule has 1 aromatic carbocycles. The maximum Gasteiger partial charge on any atom is 0.228 e. The largest absolute Gasteiger partial charge is 0.367 e. The molecule has 0 atom stereocenters. The number of rotatable bonds is 3. The summed E-state index contributed by atoms with van der Waals surface area (Å²) in [5, 5.41) is 11.6. The second-order valence-electron chi connectivity index (χ2n) is 6.37. The number of carbonyl (C=O) groups is 1. The zero-order valence-electron chi connectivity index (χ0n) is 14.3. The summed E-state index contributed by atoms with van der Waals surface area (Å²) in [6, 6.07) is 7.42. The molecule has 1 aromatic heterocycles.